The van der Waals surface area contributed by atoms with E-state index in [0.29, 0.717) is 0 Å². The van der Waals surface area contributed by atoms with E-state index in [9.17, 15) is 0 Å². The quantitative estimate of drug-likeness (QED) is 0.551. The van der Waals surface area contributed by atoms with Gasteiger partial charge in [-0.2, -0.15) is 0 Å². The number of pyridine rings is 1. The number of rotatable bonds is 2. The molecule has 0 fully saturated rings. The Hall–Kier alpha value is -1.67. The van der Waals surface area contributed by atoms with Gasteiger partial charge < -0.3 is 0 Å². The molecule has 0 aliphatic rings. The molecule has 0 atom stereocenters. The zero-order valence-corrected chi connectivity index (χ0v) is 12.4. The molecule has 0 N–H and O–H groups in total. The van der Waals surface area contributed by atoms with Crippen LogP contribution in [-0.2, 0) is 22.4 Å². The molecule has 3 aromatic rings. The van der Waals surface area contributed by atoms with E-state index < -0.39 is 0 Å². The van der Waals surface area contributed by atoms with Gasteiger partial charge in [0.25, 0.3) is 0 Å². The van der Waals surface area contributed by atoms with Crippen LogP contribution in [0.5, 0.6) is 0 Å². The van der Waals surface area contributed by atoms with Gasteiger partial charge in [-0.15, -0.1) is 0 Å². The van der Waals surface area contributed by atoms with Crippen molar-refractivity contribution in [3.63, 3.8) is 0 Å². The van der Waals surface area contributed by atoms with Crippen molar-refractivity contribution in [2.45, 2.75) is 0 Å². The Labute approximate surface area is 128 Å². The summed E-state index contributed by atoms with van der Waals surface area (Å²) in [7, 11) is 0. The van der Waals surface area contributed by atoms with Crippen LogP contribution in [0, 0.1) is 0 Å². The van der Waals surface area contributed by atoms with Gasteiger partial charge in [-0.3, -0.25) is 0 Å². The Balaban J connectivity index is 0.00000133. The van der Waals surface area contributed by atoms with E-state index >= 15 is 0 Å². The second kappa shape index (κ2) is 6.48. The van der Waals surface area contributed by atoms with Gasteiger partial charge in [0.2, 0.25) is 0 Å². The minimum absolute atomic E-state index is 0. The van der Waals surface area contributed by atoms with Gasteiger partial charge in [0.15, 0.2) is 0 Å². The predicted molar refractivity (Wildman–Crippen MR) is 75.1 cm³/mol. The number of nitrogens with zero attached hydrogens (tertiary/aromatic N) is 1. The van der Waals surface area contributed by atoms with E-state index in [0.717, 1.165) is 22.5 Å². The van der Waals surface area contributed by atoms with Crippen molar-refractivity contribution in [2.75, 3.05) is 0 Å². The fourth-order valence-electron chi connectivity index (χ4n) is 1.97. The van der Waals surface area contributed by atoms with Crippen LogP contribution in [0.3, 0.4) is 0 Å². The molecule has 19 heavy (non-hydrogen) atoms. The summed E-state index contributed by atoms with van der Waals surface area (Å²) in [6.45, 7) is 0. The summed E-state index contributed by atoms with van der Waals surface area (Å²) in [6, 6.07) is 26.6. The van der Waals surface area contributed by atoms with Crippen LogP contribution in [0.1, 0.15) is 0 Å². The van der Waals surface area contributed by atoms with E-state index in [2.05, 4.69) is 30.3 Å². The third kappa shape index (κ3) is 3.21. The molecule has 1 heterocycles. The van der Waals surface area contributed by atoms with Gasteiger partial charge in [-0.05, 0) is 12.1 Å². The number of hydrogen-bond acceptors (Lipinski definition) is 1. The molecule has 1 radical (unpaired) electrons. The van der Waals surface area contributed by atoms with E-state index in [-0.39, 0.29) is 22.4 Å². The van der Waals surface area contributed by atoms with Gasteiger partial charge >= 0.3 is 0 Å². The van der Waals surface area contributed by atoms with Crippen LogP contribution in [0.2, 0.25) is 0 Å². The molecular weight excluding hydrogens is 415 g/mol. The number of aromatic nitrogens is 1. The van der Waals surface area contributed by atoms with Crippen LogP contribution < -0.4 is 0 Å². The van der Waals surface area contributed by atoms with Crippen LogP contribution in [0.25, 0.3) is 22.5 Å². The molecule has 0 bridgehead atoms. The Morgan fingerprint density at radius 2 is 0.895 bits per heavy atom. The molecule has 0 aliphatic heterocycles. The summed E-state index contributed by atoms with van der Waals surface area (Å²) in [5.74, 6) is 0. The SMILES string of the molecule is [Au].c1ccc(-c2cccc(-c3ccccc3)n2)cc1. The van der Waals surface area contributed by atoms with Crippen LogP contribution in [0.4, 0.5) is 0 Å². The molecule has 1 nitrogen and oxygen atoms in total. The Morgan fingerprint density at radius 3 is 1.32 bits per heavy atom. The molecular formula is C17H13AuN. The van der Waals surface area contributed by atoms with Gasteiger partial charge in [-0.25, -0.2) is 4.98 Å². The fraction of sp³-hybridized carbons (Fsp3) is 0. The van der Waals surface area contributed by atoms with Gasteiger partial charge in [0.1, 0.15) is 0 Å². The van der Waals surface area contributed by atoms with Crippen molar-refractivity contribution in [3.05, 3.63) is 78.9 Å². The van der Waals surface area contributed by atoms with Gasteiger partial charge in [-0.1, -0.05) is 66.7 Å². The van der Waals surface area contributed by atoms with E-state index in [1.54, 1.807) is 0 Å². The first-order chi connectivity index (χ1) is 8.93. The van der Waals surface area contributed by atoms with Crippen molar-refractivity contribution in [3.8, 4) is 22.5 Å². The maximum Gasteiger partial charge on any atom is 0.0709 e. The van der Waals surface area contributed by atoms with Crippen molar-refractivity contribution < 1.29 is 22.4 Å². The molecule has 3 rings (SSSR count). The summed E-state index contributed by atoms with van der Waals surface area (Å²) in [5, 5.41) is 0. The molecule has 0 amide bonds. The first-order valence-corrected chi connectivity index (χ1v) is 6.01. The number of hydrogen-bond donors (Lipinski definition) is 0. The van der Waals surface area contributed by atoms with Crippen LogP contribution in [-0.4, -0.2) is 4.98 Å². The molecule has 0 saturated carbocycles. The Morgan fingerprint density at radius 1 is 0.474 bits per heavy atom. The maximum atomic E-state index is 4.71. The average molecular weight is 428 g/mol. The van der Waals surface area contributed by atoms with Crippen LogP contribution >= 0.6 is 0 Å². The summed E-state index contributed by atoms with van der Waals surface area (Å²) < 4.78 is 0. The first kappa shape index (κ1) is 13.8. The predicted octanol–water partition coefficient (Wildman–Crippen LogP) is 4.41. The minimum Gasteiger partial charge on any atom is -0.248 e. The molecule has 0 unspecified atom stereocenters. The largest absolute Gasteiger partial charge is 0.248 e. The molecule has 0 aliphatic carbocycles. The zero-order valence-electron chi connectivity index (χ0n) is 10.3. The Bertz CT molecular complexity index is 581. The molecule has 0 spiro atoms. The molecule has 1 aromatic heterocycles. The van der Waals surface area contributed by atoms with Crippen molar-refractivity contribution in [2.24, 2.45) is 0 Å². The van der Waals surface area contributed by atoms with E-state index in [4.69, 9.17) is 4.98 Å². The fourth-order valence-corrected chi connectivity index (χ4v) is 1.97. The monoisotopic (exact) mass is 428 g/mol. The summed E-state index contributed by atoms with van der Waals surface area (Å²) in [6.07, 6.45) is 0. The average Bonchev–Trinajstić information content (AvgIpc) is 2.49. The van der Waals surface area contributed by atoms with Gasteiger partial charge in [0.05, 0.1) is 11.4 Å². The number of benzene rings is 2. The standard InChI is InChI=1S/C17H13N.Au/c1-3-8-14(9-4-1)16-12-7-13-17(18-16)15-10-5-2-6-11-15;/h1-13H;. The van der Waals surface area contributed by atoms with Crippen molar-refractivity contribution in [1.82, 2.24) is 4.98 Å². The molecule has 2 heteroatoms. The first-order valence-electron chi connectivity index (χ1n) is 6.01. The summed E-state index contributed by atoms with van der Waals surface area (Å²) >= 11 is 0. The van der Waals surface area contributed by atoms with Gasteiger partial charge in [0, 0.05) is 33.5 Å². The second-order valence-corrected chi connectivity index (χ2v) is 4.14. The third-order valence-corrected chi connectivity index (χ3v) is 2.89. The smallest absolute Gasteiger partial charge is 0.0709 e. The third-order valence-electron chi connectivity index (χ3n) is 2.89. The second-order valence-electron chi connectivity index (χ2n) is 4.14. The Kier molecular flexibility index (Phi) is 4.69. The summed E-state index contributed by atoms with van der Waals surface area (Å²) in [5.41, 5.74) is 4.32. The summed E-state index contributed by atoms with van der Waals surface area (Å²) in [4.78, 5) is 4.71. The van der Waals surface area contributed by atoms with E-state index in [1.165, 1.54) is 0 Å². The molecule has 0 saturated heterocycles. The van der Waals surface area contributed by atoms with Crippen LogP contribution in [0.15, 0.2) is 78.9 Å². The molecule has 97 valence electrons. The zero-order chi connectivity index (χ0) is 12.2. The van der Waals surface area contributed by atoms with Crippen molar-refractivity contribution in [1.29, 1.82) is 0 Å². The minimum atomic E-state index is 0. The molecule has 2 aromatic carbocycles. The topological polar surface area (TPSA) is 12.9 Å². The van der Waals surface area contributed by atoms with Crippen molar-refractivity contribution >= 4 is 0 Å². The van der Waals surface area contributed by atoms with E-state index in [1.807, 2.05) is 48.5 Å². The maximum absolute atomic E-state index is 4.71. The normalized spacial score (nSPS) is 9.68.